The van der Waals surface area contributed by atoms with Gasteiger partial charge < -0.3 is 9.79 Å². The maximum absolute atomic E-state index is 11.5. The summed E-state index contributed by atoms with van der Waals surface area (Å²) in [7, 11) is -8.23. The number of benzene rings is 1. The number of hydrogen-bond donors (Lipinski definition) is 3. The van der Waals surface area contributed by atoms with E-state index in [1.54, 1.807) is 19.1 Å². The first-order valence-corrected chi connectivity index (χ1v) is 7.60. The van der Waals surface area contributed by atoms with Crippen LogP contribution in [0.15, 0.2) is 29.2 Å². The molecule has 0 atom stereocenters. The topological polar surface area (TPSA) is 104 Å². The van der Waals surface area contributed by atoms with E-state index >= 15 is 0 Å². The van der Waals surface area contributed by atoms with E-state index in [0.29, 0.717) is 0 Å². The molecule has 0 unspecified atom stereocenters. The van der Waals surface area contributed by atoms with Gasteiger partial charge in [0.05, 0.1) is 4.90 Å². The van der Waals surface area contributed by atoms with E-state index in [-0.39, 0.29) is 4.90 Å². The summed E-state index contributed by atoms with van der Waals surface area (Å²) in [5.74, 6) is 0. The molecule has 16 heavy (non-hydrogen) atoms. The molecular weight excluding hydrogens is 253 g/mol. The van der Waals surface area contributed by atoms with Crippen molar-refractivity contribution in [1.82, 2.24) is 4.72 Å². The summed E-state index contributed by atoms with van der Waals surface area (Å²) in [5.41, 5.74) is 0.897. The molecule has 0 aromatic heterocycles. The molecule has 0 aliphatic carbocycles. The molecule has 8 heteroatoms. The summed E-state index contributed by atoms with van der Waals surface area (Å²) in [6.07, 6.45) is -0.900. The van der Waals surface area contributed by atoms with Crippen molar-refractivity contribution in [2.24, 2.45) is 0 Å². The Labute approximate surface area is 93.5 Å². The van der Waals surface area contributed by atoms with Crippen molar-refractivity contribution in [3.05, 3.63) is 29.8 Å². The Morgan fingerprint density at radius 3 is 2.19 bits per heavy atom. The minimum atomic E-state index is -4.38. The van der Waals surface area contributed by atoms with Crippen LogP contribution < -0.4 is 4.72 Å². The normalized spacial score (nSPS) is 12.7. The largest absolute Gasteiger partial charge is 0.340 e. The van der Waals surface area contributed by atoms with Crippen LogP contribution >= 0.6 is 7.60 Å². The van der Waals surface area contributed by atoms with Crippen molar-refractivity contribution in [2.45, 2.75) is 11.8 Å². The van der Waals surface area contributed by atoms with Gasteiger partial charge in [-0.1, -0.05) is 17.7 Å². The van der Waals surface area contributed by atoms with Gasteiger partial charge in [0.1, 0.15) is 6.29 Å². The van der Waals surface area contributed by atoms with Gasteiger partial charge in [-0.2, -0.15) is 4.72 Å². The average molecular weight is 265 g/mol. The third-order valence-corrected chi connectivity index (χ3v) is 3.99. The maximum atomic E-state index is 11.5. The molecule has 0 heterocycles. The van der Waals surface area contributed by atoms with Gasteiger partial charge in [-0.25, -0.2) is 8.42 Å². The maximum Gasteiger partial charge on any atom is 0.340 e. The van der Waals surface area contributed by atoms with Crippen LogP contribution in [0, 0.1) is 6.92 Å². The average Bonchev–Trinajstić information content (AvgIpc) is 2.15. The zero-order valence-electron chi connectivity index (χ0n) is 8.49. The van der Waals surface area contributed by atoms with E-state index < -0.39 is 23.9 Å². The van der Waals surface area contributed by atoms with Crippen molar-refractivity contribution in [3.8, 4) is 0 Å². The van der Waals surface area contributed by atoms with E-state index in [9.17, 15) is 13.0 Å². The molecule has 1 aromatic carbocycles. The fourth-order valence-electron chi connectivity index (χ4n) is 0.970. The molecule has 3 N–H and O–H groups in total. The number of sulfonamides is 1. The molecule has 1 aromatic rings. The van der Waals surface area contributed by atoms with Crippen LogP contribution in [0.25, 0.3) is 0 Å². The first-order chi connectivity index (χ1) is 7.21. The van der Waals surface area contributed by atoms with Crippen molar-refractivity contribution in [2.75, 3.05) is 6.29 Å². The zero-order valence-corrected chi connectivity index (χ0v) is 10.2. The molecule has 0 saturated heterocycles. The van der Waals surface area contributed by atoms with Crippen molar-refractivity contribution >= 4 is 17.6 Å². The van der Waals surface area contributed by atoms with E-state index in [4.69, 9.17) is 9.79 Å². The fourth-order valence-corrected chi connectivity index (χ4v) is 2.98. The quantitative estimate of drug-likeness (QED) is 0.684. The van der Waals surface area contributed by atoms with Crippen LogP contribution in [0.4, 0.5) is 0 Å². The molecule has 1 rings (SSSR count). The Bertz CT molecular complexity index is 504. The van der Waals surface area contributed by atoms with Gasteiger partial charge in [0, 0.05) is 0 Å². The van der Waals surface area contributed by atoms with Gasteiger partial charge in [-0.15, -0.1) is 0 Å². The highest BCUT2D eigenvalue weighted by atomic mass is 32.2. The first-order valence-electron chi connectivity index (χ1n) is 4.32. The lowest BCUT2D eigenvalue weighted by Gasteiger charge is -2.07. The number of aryl methyl sites for hydroxylation is 1. The van der Waals surface area contributed by atoms with E-state index in [0.717, 1.165) is 5.56 Å². The lowest BCUT2D eigenvalue weighted by Crippen LogP contribution is -2.24. The number of hydrogen-bond acceptors (Lipinski definition) is 3. The van der Waals surface area contributed by atoms with E-state index in [1.165, 1.54) is 12.1 Å². The standard InChI is InChI=1S/C8H12NO5PS/c1-7-2-4-8(5-3-7)16(13,14)9-6-15(10,11)12/h2-5,9H,6H2,1H3,(H2,10,11,12). The first kappa shape index (κ1) is 13.3. The summed E-state index contributed by atoms with van der Waals surface area (Å²) in [5, 5.41) is 0. The van der Waals surface area contributed by atoms with E-state index in [2.05, 4.69) is 0 Å². The second kappa shape index (κ2) is 4.65. The molecule has 0 aliphatic heterocycles. The highest BCUT2D eigenvalue weighted by Crippen LogP contribution is 2.32. The van der Waals surface area contributed by atoms with Crippen LogP contribution in [0.5, 0.6) is 0 Å². The van der Waals surface area contributed by atoms with Gasteiger partial charge in [0.15, 0.2) is 0 Å². The predicted octanol–water partition coefficient (Wildman–Crippen LogP) is 0.409. The van der Waals surface area contributed by atoms with Crippen molar-refractivity contribution < 1.29 is 22.8 Å². The Balaban J connectivity index is 2.87. The smallest absolute Gasteiger partial charge is 0.324 e. The molecule has 6 nitrogen and oxygen atoms in total. The van der Waals surface area contributed by atoms with Crippen LogP contribution in [0.1, 0.15) is 5.56 Å². The minimum absolute atomic E-state index is 0.0217. The Morgan fingerprint density at radius 1 is 1.25 bits per heavy atom. The summed E-state index contributed by atoms with van der Waals surface area (Å²) < 4.78 is 35.4. The lowest BCUT2D eigenvalue weighted by molar-refractivity contribution is 0.371. The van der Waals surface area contributed by atoms with Gasteiger partial charge in [0.2, 0.25) is 10.0 Å². The summed E-state index contributed by atoms with van der Waals surface area (Å²) in [6.45, 7) is 1.81. The fraction of sp³-hybridized carbons (Fsp3) is 0.250. The molecular formula is C8H12NO5PS. The number of rotatable bonds is 4. The van der Waals surface area contributed by atoms with Crippen LogP contribution in [-0.2, 0) is 14.6 Å². The lowest BCUT2D eigenvalue weighted by atomic mass is 10.2. The Kier molecular flexibility index (Phi) is 3.88. The molecule has 0 fully saturated rings. The third-order valence-electron chi connectivity index (χ3n) is 1.79. The van der Waals surface area contributed by atoms with Crippen molar-refractivity contribution in [1.29, 1.82) is 0 Å². The molecule has 0 aliphatic rings. The van der Waals surface area contributed by atoms with Crippen LogP contribution in [0.2, 0.25) is 0 Å². The van der Waals surface area contributed by atoms with Gasteiger partial charge in [-0.3, -0.25) is 4.57 Å². The summed E-state index contributed by atoms with van der Waals surface area (Å²) >= 11 is 0. The Morgan fingerprint density at radius 2 is 1.75 bits per heavy atom. The summed E-state index contributed by atoms with van der Waals surface area (Å²) in [4.78, 5) is 17.1. The third kappa shape index (κ3) is 4.03. The highest BCUT2D eigenvalue weighted by molar-refractivity contribution is 7.89. The van der Waals surface area contributed by atoms with Gasteiger partial charge >= 0.3 is 7.60 Å². The SMILES string of the molecule is Cc1ccc(S(=O)(=O)NCP(=O)(O)O)cc1. The van der Waals surface area contributed by atoms with Crippen LogP contribution in [-0.4, -0.2) is 24.5 Å². The second-order valence-corrected chi connectivity index (χ2v) is 6.70. The molecule has 0 amide bonds. The summed E-state index contributed by atoms with van der Waals surface area (Å²) in [6, 6.07) is 5.95. The second-order valence-electron chi connectivity index (χ2n) is 3.28. The predicted molar refractivity (Wildman–Crippen MR) is 58.4 cm³/mol. The molecule has 0 bridgehead atoms. The monoisotopic (exact) mass is 265 g/mol. The molecule has 0 spiro atoms. The molecule has 0 saturated carbocycles. The van der Waals surface area contributed by atoms with Crippen molar-refractivity contribution in [3.63, 3.8) is 0 Å². The van der Waals surface area contributed by atoms with Gasteiger partial charge in [0.25, 0.3) is 0 Å². The minimum Gasteiger partial charge on any atom is -0.324 e. The van der Waals surface area contributed by atoms with Gasteiger partial charge in [-0.05, 0) is 19.1 Å². The highest BCUT2D eigenvalue weighted by Gasteiger charge is 2.19. The zero-order chi connectivity index (χ0) is 12.4. The van der Waals surface area contributed by atoms with Crippen LogP contribution in [0.3, 0.4) is 0 Å². The molecule has 0 radical (unpaired) electrons. The molecule has 90 valence electrons. The Hall–Kier alpha value is -0.720. The van der Waals surface area contributed by atoms with E-state index in [1.807, 2.05) is 4.72 Å². The number of nitrogens with one attached hydrogen (secondary N) is 1.